The lowest BCUT2D eigenvalue weighted by molar-refractivity contribution is -0.114. The van der Waals surface area contributed by atoms with Gasteiger partial charge in [0.2, 0.25) is 5.91 Å². The zero-order chi connectivity index (χ0) is 14.4. The van der Waals surface area contributed by atoms with E-state index in [4.69, 9.17) is 4.74 Å². The average Bonchev–Trinajstić information content (AvgIpc) is 2.46. The predicted octanol–water partition coefficient (Wildman–Crippen LogP) is 3.51. The Hall–Kier alpha value is -2.01. The summed E-state index contributed by atoms with van der Waals surface area (Å²) in [6.07, 6.45) is 0. The number of hydrogen-bond donors (Lipinski definition) is 2. The van der Waals surface area contributed by atoms with Crippen molar-refractivity contribution in [3.05, 3.63) is 53.0 Å². The van der Waals surface area contributed by atoms with Crippen molar-refractivity contribution in [1.29, 1.82) is 0 Å². The van der Waals surface area contributed by atoms with Crippen LogP contribution < -0.4 is 15.4 Å². The van der Waals surface area contributed by atoms with Crippen LogP contribution in [0.25, 0.3) is 0 Å². The van der Waals surface area contributed by atoms with Crippen LogP contribution in [-0.2, 0) is 4.79 Å². The fourth-order valence-corrected chi connectivity index (χ4v) is 2.06. The number of amides is 1. The topological polar surface area (TPSA) is 50.4 Å². The van der Waals surface area contributed by atoms with E-state index >= 15 is 0 Å². The minimum atomic E-state index is -0.0982. The van der Waals surface area contributed by atoms with Crippen LogP contribution in [0.4, 0.5) is 11.4 Å². The van der Waals surface area contributed by atoms with Crippen molar-refractivity contribution < 1.29 is 9.53 Å². The number of anilines is 2. The van der Waals surface area contributed by atoms with E-state index in [2.05, 4.69) is 26.6 Å². The van der Waals surface area contributed by atoms with Gasteiger partial charge in [0.25, 0.3) is 0 Å². The zero-order valence-electron chi connectivity index (χ0n) is 11.0. The largest absolute Gasteiger partial charge is 0.497 e. The van der Waals surface area contributed by atoms with E-state index in [1.54, 1.807) is 7.11 Å². The fourth-order valence-electron chi connectivity index (χ4n) is 1.66. The highest BCUT2D eigenvalue weighted by molar-refractivity contribution is 9.10. The molecule has 0 saturated heterocycles. The summed E-state index contributed by atoms with van der Waals surface area (Å²) < 4.78 is 6.00. The van der Waals surface area contributed by atoms with Crippen molar-refractivity contribution in [2.45, 2.75) is 0 Å². The molecule has 2 aromatic rings. The monoisotopic (exact) mass is 334 g/mol. The third-order valence-electron chi connectivity index (χ3n) is 2.65. The standard InChI is InChI=1S/C15H15BrN2O2/c1-20-14-7-5-12(6-8-14)17-10-15(19)18-13-4-2-3-11(16)9-13/h2-9,17H,10H2,1H3,(H,18,19). The number of rotatable bonds is 5. The molecular formula is C15H15BrN2O2. The molecule has 104 valence electrons. The van der Waals surface area contributed by atoms with Crippen molar-refractivity contribution >= 4 is 33.2 Å². The maximum Gasteiger partial charge on any atom is 0.243 e. The summed E-state index contributed by atoms with van der Waals surface area (Å²) in [5.74, 6) is 0.688. The highest BCUT2D eigenvalue weighted by Crippen LogP contribution is 2.16. The molecule has 0 aliphatic carbocycles. The van der Waals surface area contributed by atoms with Gasteiger partial charge in [0.1, 0.15) is 5.75 Å². The molecule has 5 heteroatoms. The molecule has 0 saturated carbocycles. The summed E-state index contributed by atoms with van der Waals surface area (Å²) in [5, 5.41) is 5.87. The molecule has 0 aromatic heterocycles. The molecule has 0 bridgehead atoms. The summed E-state index contributed by atoms with van der Waals surface area (Å²) in [7, 11) is 1.62. The minimum absolute atomic E-state index is 0.0982. The van der Waals surface area contributed by atoms with Gasteiger partial charge in [-0.1, -0.05) is 22.0 Å². The number of hydrogen-bond acceptors (Lipinski definition) is 3. The van der Waals surface area contributed by atoms with E-state index in [0.717, 1.165) is 21.6 Å². The second-order valence-corrected chi connectivity index (χ2v) is 5.06. The number of methoxy groups -OCH3 is 1. The third kappa shape index (κ3) is 4.28. The van der Waals surface area contributed by atoms with Gasteiger partial charge in [-0.25, -0.2) is 0 Å². The van der Waals surface area contributed by atoms with Crippen LogP contribution in [0.15, 0.2) is 53.0 Å². The molecular weight excluding hydrogens is 320 g/mol. The van der Waals surface area contributed by atoms with Crippen molar-refractivity contribution in [1.82, 2.24) is 0 Å². The Bertz CT molecular complexity index is 585. The van der Waals surface area contributed by atoms with E-state index in [-0.39, 0.29) is 12.5 Å². The lowest BCUT2D eigenvalue weighted by Gasteiger charge is -2.08. The molecule has 0 unspecified atom stereocenters. The van der Waals surface area contributed by atoms with Gasteiger partial charge in [-0.2, -0.15) is 0 Å². The normalized spacial score (nSPS) is 9.90. The van der Waals surface area contributed by atoms with E-state index < -0.39 is 0 Å². The Balaban J connectivity index is 1.85. The van der Waals surface area contributed by atoms with Gasteiger partial charge in [0, 0.05) is 15.8 Å². The summed E-state index contributed by atoms with van der Waals surface area (Å²) in [4.78, 5) is 11.8. The Kier molecular flexibility index (Phi) is 5.01. The Morgan fingerprint density at radius 3 is 2.55 bits per heavy atom. The van der Waals surface area contributed by atoms with Crippen LogP contribution in [0.3, 0.4) is 0 Å². The minimum Gasteiger partial charge on any atom is -0.497 e. The first-order valence-corrected chi connectivity index (χ1v) is 6.90. The number of nitrogens with one attached hydrogen (secondary N) is 2. The van der Waals surface area contributed by atoms with Crippen LogP contribution in [-0.4, -0.2) is 19.6 Å². The predicted molar refractivity (Wildman–Crippen MR) is 84.3 cm³/mol. The van der Waals surface area contributed by atoms with Crippen LogP contribution >= 0.6 is 15.9 Å². The fraction of sp³-hybridized carbons (Fsp3) is 0.133. The van der Waals surface area contributed by atoms with Crippen molar-refractivity contribution in [2.75, 3.05) is 24.3 Å². The van der Waals surface area contributed by atoms with Gasteiger partial charge in [-0.05, 0) is 42.5 Å². The van der Waals surface area contributed by atoms with Crippen LogP contribution in [0.5, 0.6) is 5.75 Å². The van der Waals surface area contributed by atoms with E-state index in [0.29, 0.717) is 0 Å². The molecule has 1 amide bonds. The van der Waals surface area contributed by atoms with Gasteiger partial charge in [0.05, 0.1) is 13.7 Å². The number of carbonyl (C=O) groups is 1. The Morgan fingerprint density at radius 1 is 1.15 bits per heavy atom. The van der Waals surface area contributed by atoms with Crippen molar-refractivity contribution in [3.8, 4) is 5.75 Å². The summed E-state index contributed by atoms with van der Waals surface area (Å²) >= 11 is 3.36. The molecule has 0 heterocycles. The molecule has 2 aromatic carbocycles. The van der Waals surface area contributed by atoms with Gasteiger partial charge in [-0.3, -0.25) is 4.79 Å². The molecule has 2 N–H and O–H groups in total. The van der Waals surface area contributed by atoms with Gasteiger partial charge in [0.15, 0.2) is 0 Å². The Morgan fingerprint density at radius 2 is 1.90 bits per heavy atom. The highest BCUT2D eigenvalue weighted by Gasteiger charge is 2.02. The quantitative estimate of drug-likeness (QED) is 0.879. The van der Waals surface area contributed by atoms with Gasteiger partial charge < -0.3 is 15.4 Å². The van der Waals surface area contributed by atoms with E-state index in [1.807, 2.05) is 48.5 Å². The number of ether oxygens (including phenoxy) is 1. The first kappa shape index (κ1) is 14.4. The molecule has 4 nitrogen and oxygen atoms in total. The first-order valence-electron chi connectivity index (χ1n) is 6.11. The van der Waals surface area contributed by atoms with Gasteiger partial charge >= 0.3 is 0 Å². The zero-order valence-corrected chi connectivity index (χ0v) is 12.6. The number of carbonyl (C=O) groups excluding carboxylic acids is 1. The maximum absolute atomic E-state index is 11.8. The second kappa shape index (κ2) is 6.96. The third-order valence-corrected chi connectivity index (χ3v) is 3.14. The van der Waals surface area contributed by atoms with Crippen LogP contribution in [0, 0.1) is 0 Å². The lowest BCUT2D eigenvalue weighted by atomic mass is 10.3. The number of halogens is 1. The summed E-state index contributed by atoms with van der Waals surface area (Å²) in [5.41, 5.74) is 1.64. The molecule has 20 heavy (non-hydrogen) atoms. The second-order valence-electron chi connectivity index (χ2n) is 4.14. The van der Waals surface area contributed by atoms with Crippen molar-refractivity contribution in [2.24, 2.45) is 0 Å². The highest BCUT2D eigenvalue weighted by atomic mass is 79.9. The van der Waals surface area contributed by atoms with E-state index in [1.165, 1.54) is 0 Å². The molecule has 0 atom stereocenters. The number of benzene rings is 2. The molecule has 0 aliphatic heterocycles. The smallest absolute Gasteiger partial charge is 0.243 e. The molecule has 0 fully saturated rings. The van der Waals surface area contributed by atoms with Gasteiger partial charge in [-0.15, -0.1) is 0 Å². The maximum atomic E-state index is 11.8. The summed E-state index contributed by atoms with van der Waals surface area (Å²) in [6.45, 7) is 0.207. The SMILES string of the molecule is COc1ccc(NCC(=O)Nc2cccc(Br)c2)cc1. The summed E-state index contributed by atoms with van der Waals surface area (Å²) in [6, 6.07) is 14.9. The van der Waals surface area contributed by atoms with Crippen molar-refractivity contribution in [3.63, 3.8) is 0 Å². The average molecular weight is 335 g/mol. The molecule has 0 aliphatic rings. The lowest BCUT2D eigenvalue weighted by Crippen LogP contribution is -2.21. The molecule has 0 radical (unpaired) electrons. The van der Waals surface area contributed by atoms with E-state index in [9.17, 15) is 4.79 Å². The van der Waals surface area contributed by atoms with Crippen LogP contribution in [0.1, 0.15) is 0 Å². The van der Waals surface area contributed by atoms with Crippen LogP contribution in [0.2, 0.25) is 0 Å². The molecule has 2 rings (SSSR count). The Labute approximate surface area is 126 Å². The molecule has 0 spiro atoms. The first-order chi connectivity index (χ1) is 9.67.